The van der Waals surface area contributed by atoms with Crippen LogP contribution in [0.5, 0.6) is 0 Å². The maximum absolute atomic E-state index is 12.7. The van der Waals surface area contributed by atoms with Gasteiger partial charge in [0.15, 0.2) is 0 Å². The highest BCUT2D eigenvalue weighted by Crippen LogP contribution is 2.35. The fraction of sp³-hybridized carbons (Fsp3) is 0.100. The Labute approximate surface area is 97.9 Å². The minimum Gasteiger partial charge on any atom is -0.306 e. The Morgan fingerprint density at radius 1 is 1.25 bits per heavy atom. The van der Waals surface area contributed by atoms with Gasteiger partial charge in [-0.2, -0.15) is 13.2 Å². The lowest BCUT2D eigenvalue weighted by Crippen LogP contribution is -2.10. The zero-order chi connectivity index (χ0) is 11.8. The Balaban J connectivity index is 2.63. The monoisotopic (exact) mass is 290 g/mol. The largest absolute Gasteiger partial charge is 0.418 e. The van der Waals surface area contributed by atoms with Gasteiger partial charge in [-0.1, -0.05) is 15.9 Å². The second-order valence-corrected chi connectivity index (χ2v) is 4.04. The zero-order valence-electron chi connectivity index (χ0n) is 7.87. The van der Waals surface area contributed by atoms with Crippen LogP contribution in [0.3, 0.4) is 0 Å². The average molecular weight is 291 g/mol. The van der Waals surface area contributed by atoms with E-state index in [0.29, 0.717) is 4.47 Å². The first-order chi connectivity index (χ1) is 7.48. The molecule has 0 bridgehead atoms. The molecule has 0 aliphatic rings. The molecule has 2 aromatic rings. The summed E-state index contributed by atoms with van der Waals surface area (Å²) in [6.07, 6.45) is -0.143. The molecule has 1 heterocycles. The third-order valence-corrected chi connectivity index (χ3v) is 2.54. The van der Waals surface area contributed by atoms with Gasteiger partial charge in [0, 0.05) is 16.9 Å². The standard InChI is InChI=1S/C10H6BrF3N2/c11-7-1-2-8(10(12,13)14)9(5-7)16-4-3-15-6-16/h1-6H. The number of alkyl halides is 3. The fourth-order valence-electron chi connectivity index (χ4n) is 1.36. The van der Waals surface area contributed by atoms with Crippen LogP contribution >= 0.6 is 15.9 Å². The lowest BCUT2D eigenvalue weighted by molar-refractivity contribution is -0.137. The average Bonchev–Trinajstić information content (AvgIpc) is 2.68. The lowest BCUT2D eigenvalue weighted by Gasteiger charge is -2.13. The van der Waals surface area contributed by atoms with E-state index >= 15 is 0 Å². The van der Waals surface area contributed by atoms with Crippen molar-refractivity contribution < 1.29 is 13.2 Å². The van der Waals surface area contributed by atoms with Crippen LogP contribution in [0.1, 0.15) is 5.56 Å². The van der Waals surface area contributed by atoms with Gasteiger partial charge >= 0.3 is 6.18 Å². The van der Waals surface area contributed by atoms with Crippen molar-refractivity contribution in [2.75, 3.05) is 0 Å². The molecule has 0 N–H and O–H groups in total. The summed E-state index contributed by atoms with van der Waals surface area (Å²) in [7, 11) is 0. The molecule has 0 spiro atoms. The van der Waals surface area contributed by atoms with Crippen molar-refractivity contribution in [3.05, 3.63) is 47.0 Å². The topological polar surface area (TPSA) is 17.8 Å². The summed E-state index contributed by atoms with van der Waals surface area (Å²) in [6, 6.07) is 3.81. The molecule has 0 radical (unpaired) electrons. The van der Waals surface area contributed by atoms with Crippen molar-refractivity contribution in [2.45, 2.75) is 6.18 Å². The molecule has 0 aliphatic carbocycles. The van der Waals surface area contributed by atoms with Gasteiger partial charge < -0.3 is 4.57 Å². The van der Waals surface area contributed by atoms with E-state index in [2.05, 4.69) is 20.9 Å². The van der Waals surface area contributed by atoms with Gasteiger partial charge in [-0.15, -0.1) is 0 Å². The van der Waals surface area contributed by atoms with Crippen LogP contribution in [0.4, 0.5) is 13.2 Å². The van der Waals surface area contributed by atoms with Crippen LogP contribution < -0.4 is 0 Å². The van der Waals surface area contributed by atoms with Gasteiger partial charge in [0.2, 0.25) is 0 Å². The van der Waals surface area contributed by atoms with Crippen LogP contribution in [0.25, 0.3) is 5.69 Å². The Bertz CT molecular complexity index is 491. The minimum absolute atomic E-state index is 0.0550. The predicted octanol–water partition coefficient (Wildman–Crippen LogP) is 3.65. The third kappa shape index (κ3) is 2.11. The summed E-state index contributed by atoms with van der Waals surface area (Å²) in [5, 5.41) is 0. The van der Waals surface area contributed by atoms with E-state index in [0.717, 1.165) is 6.07 Å². The van der Waals surface area contributed by atoms with Crippen molar-refractivity contribution in [2.24, 2.45) is 0 Å². The SMILES string of the molecule is FC(F)(F)c1ccc(Br)cc1-n1ccnc1. The maximum atomic E-state index is 12.7. The summed E-state index contributed by atoms with van der Waals surface area (Å²) in [5.41, 5.74) is -0.631. The van der Waals surface area contributed by atoms with Crippen LogP contribution in [0.15, 0.2) is 41.4 Å². The second-order valence-electron chi connectivity index (χ2n) is 3.13. The predicted molar refractivity (Wildman–Crippen MR) is 56.3 cm³/mol. The molecule has 2 rings (SSSR count). The minimum atomic E-state index is -4.37. The molecule has 0 atom stereocenters. The molecule has 0 fully saturated rings. The summed E-state index contributed by atoms with van der Waals surface area (Å²) in [5.74, 6) is 0. The number of hydrogen-bond acceptors (Lipinski definition) is 1. The summed E-state index contributed by atoms with van der Waals surface area (Å²) in [6.45, 7) is 0. The number of imidazole rings is 1. The van der Waals surface area contributed by atoms with Crippen molar-refractivity contribution >= 4 is 15.9 Å². The van der Waals surface area contributed by atoms with Crippen LogP contribution in [-0.2, 0) is 6.18 Å². The molecule has 0 saturated heterocycles. The third-order valence-electron chi connectivity index (χ3n) is 2.05. The smallest absolute Gasteiger partial charge is 0.306 e. The first-order valence-corrected chi connectivity index (χ1v) is 5.13. The van der Waals surface area contributed by atoms with Crippen LogP contribution in [0.2, 0.25) is 0 Å². The van der Waals surface area contributed by atoms with Crippen molar-refractivity contribution in [3.8, 4) is 5.69 Å². The van der Waals surface area contributed by atoms with Gasteiger partial charge in [-0.25, -0.2) is 4.98 Å². The molecule has 1 aromatic heterocycles. The summed E-state index contributed by atoms with van der Waals surface area (Å²) in [4.78, 5) is 3.73. The summed E-state index contributed by atoms with van der Waals surface area (Å²) < 4.78 is 40.1. The van der Waals surface area contributed by atoms with E-state index < -0.39 is 11.7 Å². The number of nitrogens with zero attached hydrogens (tertiary/aromatic N) is 2. The van der Waals surface area contributed by atoms with E-state index in [1.165, 1.54) is 35.4 Å². The molecule has 0 unspecified atom stereocenters. The van der Waals surface area contributed by atoms with Crippen LogP contribution in [-0.4, -0.2) is 9.55 Å². The van der Waals surface area contributed by atoms with Gasteiger partial charge in [-0.3, -0.25) is 0 Å². The van der Waals surface area contributed by atoms with Gasteiger partial charge in [0.25, 0.3) is 0 Å². The molecular weight excluding hydrogens is 285 g/mol. The summed E-state index contributed by atoms with van der Waals surface area (Å²) >= 11 is 3.15. The van der Waals surface area contributed by atoms with Crippen molar-refractivity contribution in [1.82, 2.24) is 9.55 Å². The molecule has 16 heavy (non-hydrogen) atoms. The Morgan fingerprint density at radius 2 is 2.00 bits per heavy atom. The Hall–Kier alpha value is -1.30. The number of rotatable bonds is 1. The number of aromatic nitrogens is 2. The molecule has 1 aromatic carbocycles. The van der Waals surface area contributed by atoms with E-state index in [9.17, 15) is 13.2 Å². The van der Waals surface area contributed by atoms with E-state index in [4.69, 9.17) is 0 Å². The lowest BCUT2D eigenvalue weighted by atomic mass is 10.1. The number of halogens is 4. The highest BCUT2D eigenvalue weighted by Gasteiger charge is 2.33. The fourth-order valence-corrected chi connectivity index (χ4v) is 1.71. The highest BCUT2D eigenvalue weighted by atomic mass is 79.9. The molecule has 0 aliphatic heterocycles. The van der Waals surface area contributed by atoms with Gasteiger partial charge in [0.1, 0.15) is 0 Å². The van der Waals surface area contributed by atoms with E-state index in [1.54, 1.807) is 0 Å². The van der Waals surface area contributed by atoms with Crippen molar-refractivity contribution in [3.63, 3.8) is 0 Å². The molecular formula is C10H6BrF3N2. The quantitative estimate of drug-likeness (QED) is 0.784. The van der Waals surface area contributed by atoms with E-state index in [-0.39, 0.29) is 5.69 Å². The normalized spacial score (nSPS) is 11.8. The first-order valence-electron chi connectivity index (χ1n) is 4.33. The van der Waals surface area contributed by atoms with Crippen molar-refractivity contribution in [1.29, 1.82) is 0 Å². The number of benzene rings is 1. The first kappa shape index (κ1) is 11.2. The Kier molecular flexibility index (Phi) is 2.75. The molecule has 2 nitrogen and oxygen atoms in total. The molecule has 0 saturated carbocycles. The van der Waals surface area contributed by atoms with Crippen LogP contribution in [0, 0.1) is 0 Å². The number of hydrogen-bond donors (Lipinski definition) is 0. The maximum Gasteiger partial charge on any atom is 0.418 e. The zero-order valence-corrected chi connectivity index (χ0v) is 9.46. The van der Waals surface area contributed by atoms with Gasteiger partial charge in [-0.05, 0) is 18.2 Å². The van der Waals surface area contributed by atoms with Gasteiger partial charge in [0.05, 0.1) is 17.6 Å². The molecule has 84 valence electrons. The Morgan fingerprint density at radius 3 is 2.56 bits per heavy atom. The molecule has 6 heteroatoms. The van der Waals surface area contributed by atoms with E-state index in [1.807, 2.05) is 0 Å². The second kappa shape index (κ2) is 3.93. The highest BCUT2D eigenvalue weighted by molar-refractivity contribution is 9.10. The molecule has 0 amide bonds.